The molecule has 4 rings (SSSR count). The zero-order chi connectivity index (χ0) is 20.7. The van der Waals surface area contributed by atoms with Crippen LogP contribution in [0.15, 0.2) is 23.8 Å². The number of carbonyl (C=O) groups is 2. The quantitative estimate of drug-likeness (QED) is 0.546. The summed E-state index contributed by atoms with van der Waals surface area (Å²) in [6.07, 6.45) is 1.93. The molecular weight excluding hydrogens is 367 g/mol. The fourth-order valence-corrected chi connectivity index (χ4v) is 6.85. The Balaban J connectivity index is 1.84. The summed E-state index contributed by atoms with van der Waals surface area (Å²) in [6, 6.07) is 0. The molecule has 4 N–H and O–H groups in total. The molecule has 6 nitrogen and oxygen atoms in total. The van der Waals surface area contributed by atoms with Crippen molar-refractivity contribution in [1.29, 1.82) is 0 Å². The molecule has 4 aliphatic carbocycles. The predicted octanol–water partition coefficient (Wildman–Crippen LogP) is 0.620. The molecule has 0 saturated heterocycles. The highest BCUT2D eigenvalue weighted by Crippen LogP contribution is 2.69. The van der Waals surface area contributed by atoms with E-state index in [0.717, 1.165) is 0 Å². The van der Waals surface area contributed by atoms with Gasteiger partial charge < -0.3 is 20.4 Å². The van der Waals surface area contributed by atoms with Gasteiger partial charge >= 0.3 is 0 Å². The largest absolute Gasteiger partial charge is 0.390 e. The summed E-state index contributed by atoms with van der Waals surface area (Å²) in [5.41, 5.74) is -6.12. The zero-order valence-electron chi connectivity index (χ0n) is 16.1. The second-order valence-electron chi connectivity index (χ2n) is 9.36. The molecule has 0 unspecified atom stereocenters. The summed E-state index contributed by atoms with van der Waals surface area (Å²) >= 11 is 0. The minimum absolute atomic E-state index is 0.0135. The molecule has 0 aromatic carbocycles. The van der Waals surface area contributed by atoms with Crippen molar-refractivity contribution < 1.29 is 34.4 Å². The second kappa shape index (κ2) is 5.81. The second-order valence-corrected chi connectivity index (χ2v) is 9.36. The van der Waals surface area contributed by atoms with Gasteiger partial charge in [0.05, 0.1) is 12.2 Å². The lowest BCUT2D eigenvalue weighted by Gasteiger charge is -2.62. The van der Waals surface area contributed by atoms with Crippen molar-refractivity contribution in [2.75, 3.05) is 6.61 Å². The van der Waals surface area contributed by atoms with Gasteiger partial charge in [-0.25, -0.2) is 4.39 Å². The first-order valence-electron chi connectivity index (χ1n) is 9.82. The van der Waals surface area contributed by atoms with E-state index in [2.05, 4.69) is 0 Å². The van der Waals surface area contributed by atoms with Crippen LogP contribution in [0.4, 0.5) is 4.39 Å². The van der Waals surface area contributed by atoms with E-state index in [-0.39, 0.29) is 18.6 Å². The standard InChI is InChI=1S/C21H27FO6/c1-18-6-5-12(24)7-11(18)3-4-13-14-8-15(25)21(28,17(27)10-23)19(14,2)9-16(26)20(13,18)22/h5-7,13-16,23,25-26,28H,3-4,8-10H2,1-2H3/t13-,14+,15+,16-,18-,19-,20-,21-/m0/s1. The molecule has 7 heteroatoms. The van der Waals surface area contributed by atoms with Gasteiger partial charge in [-0.15, -0.1) is 0 Å². The highest BCUT2D eigenvalue weighted by Gasteiger charge is 2.76. The Morgan fingerprint density at radius 3 is 2.57 bits per heavy atom. The lowest BCUT2D eigenvalue weighted by molar-refractivity contribution is -0.222. The maximum atomic E-state index is 16.8. The van der Waals surface area contributed by atoms with Crippen molar-refractivity contribution in [2.24, 2.45) is 22.7 Å². The number of ketones is 2. The third kappa shape index (κ3) is 2.01. The van der Waals surface area contributed by atoms with Crippen LogP contribution in [0, 0.1) is 22.7 Å². The van der Waals surface area contributed by atoms with Crippen LogP contribution >= 0.6 is 0 Å². The SMILES string of the molecule is C[C@]12C=CC(=O)C=C1CC[C@H]1[C@H]3C[C@@H](O)[C@](O)(C(=O)CO)[C@@]3(C)C[C@H](O)[C@@]12F. The highest BCUT2D eigenvalue weighted by atomic mass is 19.1. The van der Waals surface area contributed by atoms with E-state index in [1.807, 2.05) is 0 Å². The van der Waals surface area contributed by atoms with E-state index in [4.69, 9.17) is 0 Å². The van der Waals surface area contributed by atoms with Crippen molar-refractivity contribution >= 4 is 11.6 Å². The average Bonchev–Trinajstić information content (AvgIpc) is 2.84. The molecule has 0 spiro atoms. The predicted molar refractivity (Wildman–Crippen MR) is 96.8 cm³/mol. The van der Waals surface area contributed by atoms with Crippen LogP contribution < -0.4 is 0 Å². The highest BCUT2D eigenvalue weighted by molar-refractivity contribution is 6.01. The van der Waals surface area contributed by atoms with E-state index in [1.54, 1.807) is 13.8 Å². The number of carbonyl (C=O) groups excluding carboxylic acids is 2. The first-order chi connectivity index (χ1) is 13.0. The number of hydrogen-bond donors (Lipinski definition) is 4. The smallest absolute Gasteiger partial charge is 0.192 e. The Morgan fingerprint density at radius 1 is 1.25 bits per heavy atom. The van der Waals surface area contributed by atoms with E-state index < -0.39 is 58.5 Å². The molecule has 0 bridgehead atoms. The molecule has 28 heavy (non-hydrogen) atoms. The van der Waals surface area contributed by atoms with Gasteiger partial charge in [0.15, 0.2) is 22.8 Å². The third-order valence-electron chi connectivity index (χ3n) is 8.43. The first-order valence-corrected chi connectivity index (χ1v) is 9.82. The van der Waals surface area contributed by atoms with Gasteiger partial charge in [-0.1, -0.05) is 18.6 Å². The molecule has 8 atom stereocenters. The molecule has 0 heterocycles. The maximum absolute atomic E-state index is 16.8. The van der Waals surface area contributed by atoms with Crippen molar-refractivity contribution in [2.45, 2.75) is 63.0 Å². The molecule has 0 aromatic rings. The Kier molecular flexibility index (Phi) is 4.13. The van der Waals surface area contributed by atoms with Crippen LogP contribution in [0.2, 0.25) is 0 Å². The zero-order valence-corrected chi connectivity index (χ0v) is 16.1. The van der Waals surface area contributed by atoms with Gasteiger partial charge in [-0.2, -0.15) is 0 Å². The number of allylic oxidation sites excluding steroid dienone is 4. The minimum atomic E-state index is -2.23. The molecule has 0 amide bonds. The monoisotopic (exact) mass is 394 g/mol. The Morgan fingerprint density at radius 2 is 1.93 bits per heavy atom. The summed E-state index contributed by atoms with van der Waals surface area (Å²) in [7, 11) is 0. The Hall–Kier alpha value is -1.41. The van der Waals surface area contributed by atoms with Crippen LogP contribution in [0.3, 0.4) is 0 Å². The molecule has 0 radical (unpaired) electrons. The molecule has 4 aliphatic rings. The van der Waals surface area contributed by atoms with Crippen molar-refractivity contribution in [3.05, 3.63) is 23.8 Å². The van der Waals surface area contributed by atoms with E-state index in [9.17, 15) is 30.0 Å². The number of rotatable bonds is 2. The van der Waals surface area contributed by atoms with Crippen molar-refractivity contribution in [3.8, 4) is 0 Å². The number of halogens is 1. The van der Waals surface area contributed by atoms with Gasteiger partial charge in [0.2, 0.25) is 0 Å². The van der Waals surface area contributed by atoms with Crippen LogP contribution in [-0.4, -0.2) is 62.1 Å². The van der Waals surface area contributed by atoms with Gasteiger partial charge in [0, 0.05) is 16.7 Å². The fraction of sp³-hybridized carbons (Fsp3) is 0.714. The lowest BCUT2D eigenvalue weighted by atomic mass is 9.44. The maximum Gasteiger partial charge on any atom is 0.192 e. The molecule has 0 aliphatic heterocycles. The molecule has 154 valence electrons. The van der Waals surface area contributed by atoms with Crippen LogP contribution in [0.5, 0.6) is 0 Å². The first kappa shape index (κ1) is 19.9. The van der Waals surface area contributed by atoms with Crippen LogP contribution in [0.25, 0.3) is 0 Å². The van der Waals surface area contributed by atoms with E-state index >= 15 is 4.39 Å². The van der Waals surface area contributed by atoms with Gasteiger partial charge in [-0.3, -0.25) is 9.59 Å². The number of aliphatic hydroxyl groups excluding tert-OH is 3. The number of aliphatic hydroxyl groups is 4. The van der Waals surface area contributed by atoms with Gasteiger partial charge in [0.1, 0.15) is 6.61 Å². The van der Waals surface area contributed by atoms with Crippen LogP contribution in [-0.2, 0) is 9.59 Å². The summed E-state index contributed by atoms with van der Waals surface area (Å²) in [6.45, 7) is 2.33. The summed E-state index contributed by atoms with van der Waals surface area (Å²) in [4.78, 5) is 24.2. The Labute approximate surface area is 162 Å². The summed E-state index contributed by atoms with van der Waals surface area (Å²) < 4.78 is 16.8. The lowest BCUT2D eigenvalue weighted by Crippen LogP contribution is -2.69. The molecule has 0 aromatic heterocycles. The van der Waals surface area contributed by atoms with E-state index in [1.165, 1.54) is 18.2 Å². The van der Waals surface area contributed by atoms with Gasteiger partial charge in [-0.05, 0) is 50.7 Å². The summed E-state index contributed by atoms with van der Waals surface area (Å²) in [5.74, 6) is -2.38. The fourth-order valence-electron chi connectivity index (χ4n) is 6.85. The summed E-state index contributed by atoms with van der Waals surface area (Å²) in [5, 5.41) is 42.1. The number of alkyl halides is 1. The van der Waals surface area contributed by atoms with Gasteiger partial charge in [0.25, 0.3) is 0 Å². The number of hydrogen-bond acceptors (Lipinski definition) is 6. The number of fused-ring (bicyclic) bond motifs is 5. The minimum Gasteiger partial charge on any atom is -0.390 e. The number of Topliss-reactive ketones (excluding diaryl/α,β-unsaturated/α-hetero) is 1. The van der Waals surface area contributed by atoms with E-state index in [0.29, 0.717) is 18.4 Å². The van der Waals surface area contributed by atoms with Crippen LogP contribution in [0.1, 0.15) is 39.5 Å². The molecular formula is C21H27FO6. The molecule has 3 fully saturated rings. The van der Waals surface area contributed by atoms with Crippen molar-refractivity contribution in [1.82, 2.24) is 0 Å². The topological polar surface area (TPSA) is 115 Å². The normalized spacial score (nSPS) is 52.5. The molecule has 3 saturated carbocycles. The Bertz CT molecular complexity index is 807. The third-order valence-corrected chi connectivity index (χ3v) is 8.43. The average molecular weight is 394 g/mol. The van der Waals surface area contributed by atoms with Crippen molar-refractivity contribution in [3.63, 3.8) is 0 Å².